The first-order valence-electron chi connectivity index (χ1n) is 8.39. The second-order valence-electron chi connectivity index (χ2n) is 6.37. The standard InChI is InChI=1S/C20H23N3S2/c1-5-10-23-19(17-11-18(14(2)3)24-13-17)21-22-20(23)25-12-16-8-6-15(4)7-9-16/h5-9,11,13-14H,1,10,12H2,2-4H3. The third kappa shape index (κ3) is 4.22. The molecular formula is C20H23N3S2. The van der Waals surface area contributed by atoms with Gasteiger partial charge < -0.3 is 0 Å². The minimum atomic E-state index is 0.532. The lowest BCUT2D eigenvalue weighted by atomic mass is 10.1. The number of hydrogen-bond donors (Lipinski definition) is 0. The van der Waals surface area contributed by atoms with Gasteiger partial charge in [-0.2, -0.15) is 0 Å². The first kappa shape index (κ1) is 18.0. The third-order valence-electron chi connectivity index (χ3n) is 3.96. The van der Waals surface area contributed by atoms with Crippen molar-refractivity contribution >= 4 is 23.1 Å². The topological polar surface area (TPSA) is 30.7 Å². The zero-order valence-corrected chi connectivity index (χ0v) is 16.5. The van der Waals surface area contributed by atoms with Crippen molar-refractivity contribution in [3.63, 3.8) is 0 Å². The summed E-state index contributed by atoms with van der Waals surface area (Å²) in [5, 5.41) is 12.0. The molecule has 0 aliphatic rings. The largest absolute Gasteiger partial charge is 0.298 e. The molecule has 0 bridgehead atoms. The summed E-state index contributed by atoms with van der Waals surface area (Å²) in [6, 6.07) is 10.9. The van der Waals surface area contributed by atoms with Gasteiger partial charge in [0, 0.05) is 28.1 Å². The van der Waals surface area contributed by atoms with Crippen molar-refractivity contribution in [2.45, 2.75) is 44.1 Å². The molecule has 2 aromatic heterocycles. The quantitative estimate of drug-likeness (QED) is 0.383. The molecule has 3 rings (SSSR count). The van der Waals surface area contributed by atoms with Crippen LogP contribution in [0.1, 0.15) is 35.8 Å². The molecule has 0 spiro atoms. The zero-order valence-electron chi connectivity index (χ0n) is 14.9. The summed E-state index contributed by atoms with van der Waals surface area (Å²) >= 11 is 3.51. The summed E-state index contributed by atoms with van der Waals surface area (Å²) in [7, 11) is 0. The Labute approximate surface area is 157 Å². The van der Waals surface area contributed by atoms with E-state index in [4.69, 9.17) is 0 Å². The number of aromatic nitrogens is 3. The van der Waals surface area contributed by atoms with Gasteiger partial charge >= 0.3 is 0 Å². The van der Waals surface area contributed by atoms with Crippen molar-refractivity contribution < 1.29 is 0 Å². The van der Waals surface area contributed by atoms with Crippen LogP contribution in [0, 0.1) is 6.92 Å². The number of thiophene rings is 1. The van der Waals surface area contributed by atoms with Crippen LogP contribution in [-0.2, 0) is 12.3 Å². The van der Waals surface area contributed by atoms with E-state index in [-0.39, 0.29) is 0 Å². The van der Waals surface area contributed by atoms with Crippen LogP contribution < -0.4 is 0 Å². The number of allylic oxidation sites excluding steroid dienone is 1. The molecule has 0 amide bonds. The fourth-order valence-corrected chi connectivity index (χ4v) is 4.32. The lowest BCUT2D eigenvalue weighted by molar-refractivity contribution is 0.731. The van der Waals surface area contributed by atoms with Crippen LogP contribution in [0.5, 0.6) is 0 Å². The van der Waals surface area contributed by atoms with E-state index in [0.717, 1.165) is 22.3 Å². The van der Waals surface area contributed by atoms with E-state index in [0.29, 0.717) is 12.5 Å². The minimum Gasteiger partial charge on any atom is -0.298 e. The minimum absolute atomic E-state index is 0.532. The molecule has 0 fully saturated rings. The van der Waals surface area contributed by atoms with Gasteiger partial charge in [-0.05, 0) is 24.5 Å². The number of thioether (sulfide) groups is 1. The Balaban J connectivity index is 1.83. The molecule has 3 aromatic rings. The molecule has 0 radical (unpaired) electrons. The van der Waals surface area contributed by atoms with Crippen molar-refractivity contribution in [2.24, 2.45) is 0 Å². The molecular weight excluding hydrogens is 346 g/mol. The molecule has 2 heterocycles. The lowest BCUT2D eigenvalue weighted by Crippen LogP contribution is -2.00. The molecule has 130 valence electrons. The maximum Gasteiger partial charge on any atom is 0.192 e. The average Bonchev–Trinajstić information content (AvgIpc) is 3.22. The van der Waals surface area contributed by atoms with E-state index >= 15 is 0 Å². The van der Waals surface area contributed by atoms with Crippen molar-refractivity contribution in [1.82, 2.24) is 14.8 Å². The van der Waals surface area contributed by atoms with Crippen LogP contribution >= 0.6 is 23.1 Å². The van der Waals surface area contributed by atoms with E-state index in [9.17, 15) is 0 Å². The van der Waals surface area contributed by atoms with E-state index in [2.05, 4.69) is 77.8 Å². The van der Waals surface area contributed by atoms with E-state index in [1.165, 1.54) is 16.0 Å². The predicted molar refractivity (Wildman–Crippen MR) is 108 cm³/mol. The monoisotopic (exact) mass is 369 g/mol. The van der Waals surface area contributed by atoms with Gasteiger partial charge in [-0.1, -0.05) is 61.5 Å². The first-order chi connectivity index (χ1) is 12.1. The predicted octanol–water partition coefficient (Wildman–Crippen LogP) is 5.92. The number of benzene rings is 1. The summed E-state index contributed by atoms with van der Waals surface area (Å²) in [6.45, 7) is 11.1. The van der Waals surface area contributed by atoms with Crippen molar-refractivity contribution in [1.29, 1.82) is 0 Å². The normalized spacial score (nSPS) is 11.2. The van der Waals surface area contributed by atoms with Crippen LogP contribution in [0.2, 0.25) is 0 Å². The average molecular weight is 370 g/mol. The highest BCUT2D eigenvalue weighted by molar-refractivity contribution is 7.98. The van der Waals surface area contributed by atoms with Crippen LogP contribution in [0.3, 0.4) is 0 Å². The molecule has 0 saturated carbocycles. The van der Waals surface area contributed by atoms with Gasteiger partial charge in [-0.25, -0.2) is 0 Å². The molecule has 0 saturated heterocycles. The Bertz CT molecular complexity index is 844. The van der Waals surface area contributed by atoms with Gasteiger partial charge in [0.05, 0.1) is 0 Å². The molecule has 3 nitrogen and oxygen atoms in total. The Kier molecular flexibility index (Phi) is 5.76. The van der Waals surface area contributed by atoms with Crippen LogP contribution in [-0.4, -0.2) is 14.8 Å². The van der Waals surface area contributed by atoms with Gasteiger partial charge in [-0.3, -0.25) is 4.57 Å². The smallest absolute Gasteiger partial charge is 0.192 e. The molecule has 0 N–H and O–H groups in total. The molecule has 0 unspecified atom stereocenters. The van der Waals surface area contributed by atoms with Gasteiger partial charge in [-0.15, -0.1) is 28.1 Å². The van der Waals surface area contributed by atoms with Gasteiger partial charge in [0.2, 0.25) is 0 Å². The van der Waals surface area contributed by atoms with Gasteiger partial charge in [0.25, 0.3) is 0 Å². The van der Waals surface area contributed by atoms with Gasteiger partial charge in [0.1, 0.15) is 0 Å². The fraction of sp³-hybridized carbons (Fsp3) is 0.300. The van der Waals surface area contributed by atoms with Crippen molar-refractivity contribution in [2.75, 3.05) is 0 Å². The Morgan fingerprint density at radius 2 is 2.00 bits per heavy atom. The van der Waals surface area contributed by atoms with Crippen LogP contribution in [0.15, 0.2) is 53.5 Å². The molecule has 1 aromatic carbocycles. The molecule has 0 aliphatic heterocycles. The van der Waals surface area contributed by atoms with Crippen molar-refractivity contribution in [3.05, 3.63) is 64.4 Å². The Hall–Kier alpha value is -1.85. The third-order valence-corrected chi connectivity index (χ3v) is 6.24. The van der Waals surface area contributed by atoms with E-state index < -0.39 is 0 Å². The lowest BCUT2D eigenvalue weighted by Gasteiger charge is -2.07. The summed E-state index contributed by atoms with van der Waals surface area (Å²) in [4.78, 5) is 1.37. The molecule has 25 heavy (non-hydrogen) atoms. The Morgan fingerprint density at radius 3 is 2.64 bits per heavy atom. The van der Waals surface area contributed by atoms with Gasteiger partial charge in [0.15, 0.2) is 11.0 Å². The number of rotatable bonds is 7. The second-order valence-corrected chi connectivity index (χ2v) is 8.26. The van der Waals surface area contributed by atoms with E-state index in [1.54, 1.807) is 23.1 Å². The molecule has 0 atom stereocenters. The maximum atomic E-state index is 4.46. The summed E-state index contributed by atoms with van der Waals surface area (Å²) in [5.41, 5.74) is 3.72. The summed E-state index contributed by atoms with van der Waals surface area (Å²) < 4.78 is 2.15. The molecule has 5 heteroatoms. The zero-order chi connectivity index (χ0) is 17.8. The summed E-state index contributed by atoms with van der Waals surface area (Å²) in [6.07, 6.45) is 1.90. The number of aryl methyl sites for hydroxylation is 1. The summed E-state index contributed by atoms with van der Waals surface area (Å²) in [5.74, 6) is 2.34. The van der Waals surface area contributed by atoms with Crippen molar-refractivity contribution in [3.8, 4) is 11.4 Å². The highest BCUT2D eigenvalue weighted by atomic mass is 32.2. The molecule has 0 aliphatic carbocycles. The highest BCUT2D eigenvalue weighted by Gasteiger charge is 2.15. The second kappa shape index (κ2) is 8.02. The SMILES string of the molecule is C=CCn1c(SCc2ccc(C)cc2)nnc1-c1csc(C(C)C)c1. The maximum absolute atomic E-state index is 4.46. The van der Waals surface area contributed by atoms with Crippen LogP contribution in [0.4, 0.5) is 0 Å². The fourth-order valence-electron chi connectivity index (χ4n) is 2.51. The highest BCUT2D eigenvalue weighted by Crippen LogP contribution is 2.31. The Morgan fingerprint density at radius 1 is 1.24 bits per heavy atom. The number of nitrogens with zero attached hydrogens (tertiary/aromatic N) is 3. The van der Waals surface area contributed by atoms with E-state index in [1.807, 2.05) is 6.08 Å². The van der Waals surface area contributed by atoms with Crippen LogP contribution in [0.25, 0.3) is 11.4 Å². The number of hydrogen-bond acceptors (Lipinski definition) is 4. The first-order valence-corrected chi connectivity index (χ1v) is 10.3.